The molecule has 35 heavy (non-hydrogen) atoms. The lowest BCUT2D eigenvalue weighted by Gasteiger charge is -2.23. The fourth-order valence-electron chi connectivity index (χ4n) is 3.69. The van der Waals surface area contributed by atoms with Crippen LogP contribution in [0.4, 0.5) is 26.3 Å². The van der Waals surface area contributed by atoms with Crippen molar-refractivity contribution in [3.8, 4) is 11.6 Å². The van der Waals surface area contributed by atoms with Crippen molar-refractivity contribution < 1.29 is 36.2 Å². The molecule has 2 aromatic carbocycles. The summed E-state index contributed by atoms with van der Waals surface area (Å²) in [5.41, 5.74) is -2.39. The van der Waals surface area contributed by atoms with Gasteiger partial charge in [-0.05, 0) is 36.8 Å². The molecule has 0 amide bonds. The third-order valence-corrected chi connectivity index (χ3v) is 5.18. The van der Waals surface area contributed by atoms with E-state index in [4.69, 9.17) is 4.74 Å². The van der Waals surface area contributed by atoms with Crippen LogP contribution in [0.3, 0.4) is 0 Å². The van der Waals surface area contributed by atoms with Gasteiger partial charge in [0.25, 0.3) is 5.56 Å². The van der Waals surface area contributed by atoms with Crippen LogP contribution in [0.15, 0.2) is 59.8 Å². The number of hydrogen-bond acceptors (Lipinski definition) is 5. The number of aliphatic hydroxyl groups is 1. The molecule has 0 radical (unpaired) electrons. The van der Waals surface area contributed by atoms with Crippen LogP contribution in [0.2, 0.25) is 0 Å². The molecule has 2 heterocycles. The molecule has 6 nitrogen and oxygen atoms in total. The van der Waals surface area contributed by atoms with E-state index in [1.54, 1.807) is 0 Å². The van der Waals surface area contributed by atoms with Gasteiger partial charge < -0.3 is 14.4 Å². The smallest absolute Gasteiger partial charge is 0.421 e. The van der Waals surface area contributed by atoms with E-state index in [0.717, 1.165) is 30.7 Å². The number of aromatic nitrogens is 3. The zero-order valence-corrected chi connectivity index (χ0v) is 17.6. The summed E-state index contributed by atoms with van der Waals surface area (Å²) in [5, 5.41) is 9.35. The number of halogens is 6. The zero-order valence-electron chi connectivity index (χ0n) is 17.6. The number of rotatable bonds is 6. The number of nitrogens with zero attached hydrogens (tertiary/aromatic N) is 3. The van der Waals surface area contributed by atoms with E-state index in [9.17, 15) is 36.2 Å². The number of ether oxygens (including phenoxy) is 1. The summed E-state index contributed by atoms with van der Waals surface area (Å²) >= 11 is 0. The van der Waals surface area contributed by atoms with Crippen LogP contribution in [-0.4, -0.2) is 26.2 Å². The van der Waals surface area contributed by atoms with Gasteiger partial charge in [0.15, 0.2) is 0 Å². The second kappa shape index (κ2) is 9.37. The monoisotopic (exact) mass is 495 g/mol. The van der Waals surface area contributed by atoms with Gasteiger partial charge in [0.2, 0.25) is 5.88 Å². The molecule has 4 aromatic rings. The van der Waals surface area contributed by atoms with Gasteiger partial charge in [-0.15, -0.1) is 0 Å². The summed E-state index contributed by atoms with van der Waals surface area (Å²) in [6.07, 6.45) is -2.85. The quantitative estimate of drug-likeness (QED) is 0.382. The Morgan fingerprint density at radius 1 is 1.03 bits per heavy atom. The first-order chi connectivity index (χ1) is 16.6. The van der Waals surface area contributed by atoms with Crippen LogP contribution in [-0.2, 0) is 6.18 Å². The van der Waals surface area contributed by atoms with Gasteiger partial charge >= 0.3 is 6.18 Å². The number of hydrogen-bond donors (Lipinski definition) is 1. The highest BCUT2D eigenvalue weighted by atomic mass is 19.4. The predicted molar refractivity (Wildman–Crippen MR) is 111 cm³/mol. The summed E-state index contributed by atoms with van der Waals surface area (Å²) in [6.45, 7) is -0.518. The second-order valence-corrected chi connectivity index (χ2v) is 7.40. The highest BCUT2D eigenvalue weighted by Gasteiger charge is 2.35. The second-order valence-electron chi connectivity index (χ2n) is 7.40. The Hall–Kier alpha value is -3.93. The van der Waals surface area contributed by atoms with Crippen LogP contribution in [0.1, 0.15) is 23.6 Å². The first kappa shape index (κ1) is 24.2. The molecule has 0 unspecified atom stereocenters. The van der Waals surface area contributed by atoms with E-state index >= 15 is 0 Å². The van der Waals surface area contributed by atoms with Gasteiger partial charge in [-0.25, -0.2) is 18.2 Å². The van der Waals surface area contributed by atoms with Crippen molar-refractivity contribution in [1.29, 1.82) is 0 Å². The SMILES string of the molecule is O=c1ncn([C@H](CCO)c2c(F)cc(F)cc2F)c2ccc(Oc3ncccc3C(F)(F)F)cc12. The Balaban J connectivity index is 1.83. The average molecular weight is 495 g/mol. The third kappa shape index (κ3) is 4.83. The summed E-state index contributed by atoms with van der Waals surface area (Å²) < 4.78 is 88.7. The highest BCUT2D eigenvalue weighted by Crippen LogP contribution is 2.37. The minimum Gasteiger partial charge on any atom is -0.438 e. The molecule has 0 bridgehead atoms. The van der Waals surface area contributed by atoms with Crippen molar-refractivity contribution in [2.45, 2.75) is 18.6 Å². The van der Waals surface area contributed by atoms with Crippen molar-refractivity contribution in [3.63, 3.8) is 0 Å². The fraction of sp³-hybridized carbons (Fsp3) is 0.174. The lowest BCUT2D eigenvalue weighted by Crippen LogP contribution is -2.20. The Bertz CT molecular complexity index is 1430. The Morgan fingerprint density at radius 2 is 1.74 bits per heavy atom. The molecule has 1 N–H and O–H groups in total. The van der Waals surface area contributed by atoms with Crippen molar-refractivity contribution in [2.24, 2.45) is 0 Å². The third-order valence-electron chi connectivity index (χ3n) is 5.18. The Labute approximate surface area is 193 Å². The van der Waals surface area contributed by atoms with Crippen molar-refractivity contribution in [3.05, 3.63) is 93.9 Å². The maximum absolute atomic E-state index is 14.5. The number of pyridine rings is 1. The first-order valence-electron chi connectivity index (χ1n) is 10.1. The number of benzene rings is 2. The molecule has 182 valence electrons. The largest absolute Gasteiger partial charge is 0.438 e. The molecule has 1 atom stereocenters. The molecule has 0 aliphatic heterocycles. The van der Waals surface area contributed by atoms with Crippen molar-refractivity contribution in [2.75, 3.05) is 6.61 Å². The molecule has 12 heteroatoms. The minimum atomic E-state index is -4.74. The van der Waals surface area contributed by atoms with E-state index in [0.29, 0.717) is 12.1 Å². The zero-order chi connectivity index (χ0) is 25.3. The van der Waals surface area contributed by atoms with Gasteiger partial charge in [-0.2, -0.15) is 18.2 Å². The highest BCUT2D eigenvalue weighted by molar-refractivity contribution is 5.80. The molecule has 0 saturated heterocycles. The molecule has 0 aliphatic carbocycles. The van der Waals surface area contributed by atoms with E-state index in [-0.39, 0.29) is 23.1 Å². The lowest BCUT2D eigenvalue weighted by molar-refractivity contribution is -0.138. The van der Waals surface area contributed by atoms with Gasteiger partial charge in [-0.1, -0.05) is 0 Å². The normalized spacial score (nSPS) is 12.7. The van der Waals surface area contributed by atoms with Crippen LogP contribution >= 0.6 is 0 Å². The molecule has 0 aliphatic rings. The average Bonchev–Trinajstić information content (AvgIpc) is 2.78. The summed E-state index contributed by atoms with van der Waals surface area (Å²) in [4.78, 5) is 19.7. The van der Waals surface area contributed by atoms with Crippen LogP contribution in [0, 0.1) is 17.5 Å². The summed E-state index contributed by atoms with van der Waals surface area (Å²) in [7, 11) is 0. The molecule has 2 aromatic heterocycles. The van der Waals surface area contributed by atoms with Gasteiger partial charge in [0.05, 0.1) is 23.3 Å². The van der Waals surface area contributed by atoms with Gasteiger partial charge in [0, 0.05) is 30.5 Å². The number of fused-ring (bicyclic) bond motifs is 1. The molecular weight excluding hydrogens is 480 g/mol. The fourth-order valence-corrected chi connectivity index (χ4v) is 3.69. The van der Waals surface area contributed by atoms with Crippen LogP contribution in [0.5, 0.6) is 11.6 Å². The molecule has 4 rings (SSSR count). The van der Waals surface area contributed by atoms with Gasteiger partial charge in [-0.3, -0.25) is 4.79 Å². The van der Waals surface area contributed by atoms with Crippen LogP contribution in [0.25, 0.3) is 10.9 Å². The number of alkyl halides is 3. The minimum absolute atomic E-state index is 0.0935. The maximum Gasteiger partial charge on any atom is 0.421 e. The molecular formula is C23H15F6N3O3. The molecule has 0 saturated carbocycles. The first-order valence-corrected chi connectivity index (χ1v) is 10.1. The molecule has 0 fully saturated rings. The van der Waals surface area contributed by atoms with Crippen molar-refractivity contribution in [1.82, 2.24) is 14.5 Å². The lowest BCUT2D eigenvalue weighted by atomic mass is 10.0. The summed E-state index contributed by atoms with van der Waals surface area (Å²) in [6, 6.07) is 5.25. The van der Waals surface area contributed by atoms with Gasteiger partial charge in [0.1, 0.15) is 28.8 Å². The Morgan fingerprint density at radius 3 is 2.40 bits per heavy atom. The van der Waals surface area contributed by atoms with Crippen molar-refractivity contribution >= 4 is 10.9 Å². The summed E-state index contributed by atoms with van der Waals surface area (Å²) in [5.74, 6) is -4.46. The number of aliphatic hydroxyl groups excluding tert-OH is 1. The predicted octanol–water partition coefficient (Wildman–Crippen LogP) is 4.99. The van der Waals surface area contributed by atoms with Crippen LogP contribution < -0.4 is 10.3 Å². The van der Waals surface area contributed by atoms with E-state index in [1.807, 2.05) is 0 Å². The standard InChI is InChI=1S/C23H15F6N3O3/c24-12-8-16(25)20(17(26)9-12)19(5-7-33)32-11-31-21(34)14-10-13(3-4-18(14)32)35-22-15(23(27,28)29)2-1-6-30-22/h1-4,6,8-11,19,33H,5,7H2/t19-/m1/s1. The van der Waals surface area contributed by atoms with E-state index in [1.165, 1.54) is 16.7 Å². The Kier molecular flexibility index (Phi) is 6.48. The maximum atomic E-state index is 14.5. The molecule has 0 spiro atoms. The van der Waals surface area contributed by atoms with E-state index < -0.39 is 58.8 Å². The van der Waals surface area contributed by atoms with E-state index in [2.05, 4.69) is 9.97 Å². The topological polar surface area (TPSA) is 77.2 Å².